The lowest BCUT2D eigenvalue weighted by atomic mass is 10.0. The zero-order valence-electron chi connectivity index (χ0n) is 27.2. The summed E-state index contributed by atoms with van der Waals surface area (Å²) in [7, 11) is 0. The minimum Gasteiger partial charge on any atom is -0.624 e. The molecule has 0 amide bonds. The Morgan fingerprint density at radius 3 is 1.78 bits per heavy atom. The maximum absolute atomic E-state index is 6.65. The molecule has 2 N–H and O–H groups in total. The molecule has 2 atom stereocenters. The van der Waals surface area contributed by atoms with Gasteiger partial charge in [0.2, 0.25) is 0 Å². The van der Waals surface area contributed by atoms with Crippen molar-refractivity contribution in [3.8, 4) is 16.8 Å². The Morgan fingerprint density at radius 2 is 1.08 bits per heavy atom. The van der Waals surface area contributed by atoms with E-state index in [2.05, 4.69) is 167 Å². The van der Waals surface area contributed by atoms with E-state index in [9.17, 15) is 0 Å². The van der Waals surface area contributed by atoms with Crippen LogP contribution in [0.5, 0.6) is 0 Å². The Hall–Kier alpha value is -5.98. The van der Waals surface area contributed by atoms with Gasteiger partial charge in [-0.3, -0.25) is 0 Å². The third-order valence-corrected chi connectivity index (χ3v) is 10.0. The van der Waals surface area contributed by atoms with Gasteiger partial charge in [-0.2, -0.15) is 0 Å². The van der Waals surface area contributed by atoms with Crippen molar-refractivity contribution in [1.82, 2.24) is 15.2 Å². The van der Waals surface area contributed by atoms with E-state index in [0.29, 0.717) is 0 Å². The molecule has 0 saturated carbocycles. The quantitative estimate of drug-likeness (QED) is 0.196. The third-order valence-electron chi connectivity index (χ3n) is 10.0. The normalized spacial score (nSPS) is 18.0. The van der Waals surface area contributed by atoms with Crippen molar-refractivity contribution in [2.24, 2.45) is 0 Å². The van der Waals surface area contributed by atoms with Crippen LogP contribution in [0.4, 0.5) is 0 Å². The molecule has 5 nitrogen and oxygen atoms in total. The number of hydrogen-bond acceptors (Lipinski definition) is 3. The number of fused-ring (bicyclic) bond motifs is 7. The largest absolute Gasteiger partial charge is 0.624 e. The highest BCUT2D eigenvalue weighted by Gasteiger charge is 2.23. The molecule has 1 fully saturated rings. The van der Waals surface area contributed by atoms with Gasteiger partial charge in [0.1, 0.15) is 5.58 Å². The molecule has 3 heterocycles. The van der Waals surface area contributed by atoms with Crippen molar-refractivity contribution >= 4 is 43.7 Å². The summed E-state index contributed by atoms with van der Waals surface area (Å²) in [6.07, 6.45) is -0.410. The Balaban J connectivity index is 1.12. The lowest BCUT2D eigenvalue weighted by Crippen LogP contribution is -2.44. The Kier molecular flexibility index (Phi) is 6.88. The molecule has 0 spiro atoms. The van der Waals surface area contributed by atoms with Crippen molar-refractivity contribution in [3.63, 3.8) is 0 Å². The van der Waals surface area contributed by atoms with Crippen LogP contribution in [0, 0.1) is 0 Å². The molecule has 0 radical (unpaired) electrons. The first-order valence-electron chi connectivity index (χ1n) is 17.1. The Labute approximate surface area is 289 Å². The van der Waals surface area contributed by atoms with Crippen LogP contribution in [-0.4, -0.2) is 4.57 Å². The molecule has 1 aliphatic rings. The van der Waals surface area contributed by atoms with Crippen molar-refractivity contribution in [3.05, 3.63) is 192 Å². The second-order valence-electron chi connectivity index (χ2n) is 13.0. The molecular formula is C45H33N4O-. The van der Waals surface area contributed by atoms with Gasteiger partial charge in [0.15, 0.2) is 5.58 Å². The number of benzene rings is 7. The fourth-order valence-corrected chi connectivity index (χ4v) is 7.60. The number of nitrogens with one attached hydrogen (secondary N) is 2. The van der Waals surface area contributed by atoms with E-state index in [1.807, 2.05) is 18.2 Å². The van der Waals surface area contributed by atoms with Gasteiger partial charge in [-0.15, -0.1) is 0 Å². The molecule has 1 saturated heterocycles. The standard InChI is InChI=1S/C45H33N4O/c1-4-12-29(13-5-1)33-22-25-35-37-26-27-38-36-18-10-11-19-40(36)50-42(38)41(37)49(39(35)28-33)34-23-20-32(21-24-34)45-47-43(30-14-6-2-7-15-30)46-44(48-45)31-16-8-3-9-17-31/h1-28,43-45,47-48H/q-1. The van der Waals surface area contributed by atoms with Crippen molar-refractivity contribution in [2.45, 2.75) is 18.5 Å². The van der Waals surface area contributed by atoms with Gasteiger partial charge in [0.25, 0.3) is 0 Å². The second-order valence-corrected chi connectivity index (χ2v) is 13.0. The van der Waals surface area contributed by atoms with Crippen molar-refractivity contribution in [1.29, 1.82) is 0 Å². The Bertz CT molecular complexity index is 2580. The fraction of sp³-hybridized carbons (Fsp3) is 0.0667. The molecule has 50 heavy (non-hydrogen) atoms. The van der Waals surface area contributed by atoms with Crippen LogP contribution >= 0.6 is 0 Å². The van der Waals surface area contributed by atoms with E-state index in [-0.39, 0.29) is 18.5 Å². The summed E-state index contributed by atoms with van der Waals surface area (Å²) in [4.78, 5) is 0. The minimum absolute atomic E-state index is 0.109. The smallest absolute Gasteiger partial charge is 0.160 e. The van der Waals surface area contributed by atoms with Crippen molar-refractivity contribution < 1.29 is 4.42 Å². The van der Waals surface area contributed by atoms with E-state index in [0.717, 1.165) is 55.3 Å². The topological polar surface area (TPSA) is 56.2 Å². The van der Waals surface area contributed by atoms with Crippen LogP contribution in [0.15, 0.2) is 174 Å². The van der Waals surface area contributed by atoms with Crippen LogP contribution in [0.1, 0.15) is 35.2 Å². The van der Waals surface area contributed by atoms with Crippen LogP contribution in [0.3, 0.4) is 0 Å². The van der Waals surface area contributed by atoms with Gasteiger partial charge in [0, 0.05) is 27.2 Å². The molecule has 0 bridgehead atoms. The number of para-hydroxylation sites is 1. The number of hydrogen-bond donors (Lipinski definition) is 2. The summed E-state index contributed by atoms with van der Waals surface area (Å²) in [6, 6.07) is 60.0. The van der Waals surface area contributed by atoms with E-state index in [1.54, 1.807) is 0 Å². The predicted octanol–water partition coefficient (Wildman–Crippen LogP) is 11.3. The van der Waals surface area contributed by atoms with Crippen LogP contribution in [-0.2, 0) is 0 Å². The highest BCUT2D eigenvalue weighted by molar-refractivity contribution is 6.21. The molecule has 10 rings (SSSR count). The molecule has 1 aliphatic heterocycles. The summed E-state index contributed by atoms with van der Waals surface area (Å²) in [5, 5.41) is 17.3. The lowest BCUT2D eigenvalue weighted by Gasteiger charge is -2.50. The minimum atomic E-state index is -0.151. The number of nitrogens with zero attached hydrogens (tertiary/aromatic N) is 2. The van der Waals surface area contributed by atoms with Gasteiger partial charge in [0.05, 0.1) is 17.2 Å². The summed E-state index contributed by atoms with van der Waals surface area (Å²) in [5.74, 6) is 0. The van der Waals surface area contributed by atoms with Crippen LogP contribution in [0.2, 0.25) is 0 Å². The molecule has 7 aromatic carbocycles. The maximum atomic E-state index is 6.65. The Morgan fingerprint density at radius 1 is 0.480 bits per heavy atom. The van der Waals surface area contributed by atoms with E-state index >= 15 is 0 Å². The highest BCUT2D eigenvalue weighted by Crippen LogP contribution is 2.42. The van der Waals surface area contributed by atoms with Crippen LogP contribution < -0.4 is 10.6 Å². The van der Waals surface area contributed by atoms with E-state index < -0.39 is 0 Å². The predicted molar refractivity (Wildman–Crippen MR) is 204 cm³/mol. The molecular weight excluding hydrogens is 613 g/mol. The zero-order chi connectivity index (χ0) is 33.0. The molecule has 2 aromatic heterocycles. The molecule has 9 aromatic rings. The van der Waals surface area contributed by atoms with Crippen molar-refractivity contribution in [2.75, 3.05) is 0 Å². The molecule has 0 aliphatic carbocycles. The maximum Gasteiger partial charge on any atom is 0.160 e. The van der Waals surface area contributed by atoms with Gasteiger partial charge in [-0.25, -0.2) is 0 Å². The zero-order valence-corrected chi connectivity index (χ0v) is 27.2. The van der Waals surface area contributed by atoms with Crippen LogP contribution in [0.25, 0.3) is 65.9 Å². The van der Waals surface area contributed by atoms with E-state index in [4.69, 9.17) is 9.73 Å². The number of furan rings is 1. The first-order valence-corrected chi connectivity index (χ1v) is 17.1. The second kappa shape index (κ2) is 11.9. The molecule has 240 valence electrons. The summed E-state index contributed by atoms with van der Waals surface area (Å²) >= 11 is 0. The first-order chi connectivity index (χ1) is 24.8. The monoisotopic (exact) mass is 645 g/mol. The summed E-state index contributed by atoms with van der Waals surface area (Å²) < 4.78 is 9.02. The first kappa shape index (κ1) is 29.0. The highest BCUT2D eigenvalue weighted by atomic mass is 16.3. The molecule has 2 unspecified atom stereocenters. The van der Waals surface area contributed by atoms with Gasteiger partial charge in [-0.1, -0.05) is 163 Å². The fourth-order valence-electron chi connectivity index (χ4n) is 7.60. The number of rotatable bonds is 5. The SMILES string of the molecule is c1ccc(-c2ccc3c4ccc5c6ccccc6oc5c4n(-c4ccc(C5NC(c6ccccc6)[N-]C(c6ccccc6)N5)cc4)c3c2)cc1. The summed E-state index contributed by atoms with van der Waals surface area (Å²) in [5.41, 5.74) is 10.9. The third kappa shape index (κ3) is 4.83. The lowest BCUT2D eigenvalue weighted by molar-refractivity contribution is 0.316. The average Bonchev–Trinajstić information content (AvgIpc) is 3.74. The van der Waals surface area contributed by atoms with Gasteiger partial charge >= 0.3 is 0 Å². The average molecular weight is 646 g/mol. The number of aromatic nitrogens is 1. The molecule has 5 heteroatoms. The summed E-state index contributed by atoms with van der Waals surface area (Å²) in [6.45, 7) is 0. The van der Waals surface area contributed by atoms with Gasteiger partial charge < -0.3 is 24.9 Å². The van der Waals surface area contributed by atoms with Gasteiger partial charge in [-0.05, 0) is 47.0 Å². The van der Waals surface area contributed by atoms with E-state index in [1.165, 1.54) is 21.9 Å².